The zero-order valence-electron chi connectivity index (χ0n) is 7.41. The number of aliphatic hydroxyl groups excluding tert-OH is 1. The van der Waals surface area contributed by atoms with Gasteiger partial charge >= 0.3 is 0 Å². The minimum absolute atomic E-state index is 0.150. The summed E-state index contributed by atoms with van der Waals surface area (Å²) in [6.45, 7) is 3.29. The lowest BCUT2D eigenvalue weighted by molar-refractivity contribution is 0.291. The van der Waals surface area contributed by atoms with E-state index in [1.165, 1.54) is 0 Å². The second kappa shape index (κ2) is 4.18. The maximum absolute atomic E-state index is 8.51. The summed E-state index contributed by atoms with van der Waals surface area (Å²) < 4.78 is 1.92. The highest BCUT2D eigenvalue weighted by molar-refractivity contribution is 4.91. The number of aliphatic hydroxyl groups is 1. The summed E-state index contributed by atoms with van der Waals surface area (Å²) in [6.07, 6.45) is 0. The molecule has 0 atom stereocenters. The van der Waals surface area contributed by atoms with Gasteiger partial charge in [-0.15, -0.1) is 10.2 Å². The van der Waals surface area contributed by atoms with Crippen molar-refractivity contribution in [3.05, 3.63) is 11.6 Å². The molecule has 0 aliphatic heterocycles. The van der Waals surface area contributed by atoms with Crippen LogP contribution in [0.1, 0.15) is 11.6 Å². The number of aromatic nitrogens is 3. The Morgan fingerprint density at radius 3 is 2.75 bits per heavy atom. The molecule has 68 valence electrons. The molecule has 0 unspecified atom stereocenters. The van der Waals surface area contributed by atoms with E-state index in [9.17, 15) is 0 Å². The first-order valence-electron chi connectivity index (χ1n) is 3.92. The van der Waals surface area contributed by atoms with Gasteiger partial charge in [0, 0.05) is 13.6 Å². The molecule has 0 bridgehead atoms. The predicted molar refractivity (Wildman–Crippen MR) is 44.5 cm³/mol. The number of hydrogen-bond acceptors (Lipinski definition) is 4. The molecule has 0 fully saturated rings. The van der Waals surface area contributed by atoms with Crippen molar-refractivity contribution >= 4 is 0 Å². The monoisotopic (exact) mass is 170 g/mol. The average Bonchev–Trinajstić information content (AvgIpc) is 2.36. The lowest BCUT2D eigenvalue weighted by Gasteiger charge is -2.01. The van der Waals surface area contributed by atoms with E-state index in [0.29, 0.717) is 13.1 Å². The quantitative estimate of drug-likeness (QED) is 0.581. The van der Waals surface area contributed by atoms with Gasteiger partial charge in [-0.2, -0.15) is 0 Å². The standard InChI is InChI=1S/C7H14N4O/c1-6-9-10-7(11(6)2)5-8-3-4-12/h8,12H,3-5H2,1-2H3. The van der Waals surface area contributed by atoms with Crippen molar-refractivity contribution in [1.29, 1.82) is 0 Å². The summed E-state index contributed by atoms with van der Waals surface area (Å²) in [4.78, 5) is 0. The molecule has 12 heavy (non-hydrogen) atoms. The molecule has 1 rings (SSSR count). The topological polar surface area (TPSA) is 63.0 Å². The van der Waals surface area contributed by atoms with Gasteiger partial charge in [0.25, 0.3) is 0 Å². The number of aryl methyl sites for hydroxylation is 1. The molecule has 0 radical (unpaired) electrons. The van der Waals surface area contributed by atoms with Crippen LogP contribution in [-0.4, -0.2) is 33.0 Å². The Bertz CT molecular complexity index is 246. The molecule has 0 aliphatic carbocycles. The largest absolute Gasteiger partial charge is 0.395 e. The summed E-state index contributed by atoms with van der Waals surface area (Å²) in [5.41, 5.74) is 0. The third-order valence-electron chi connectivity index (χ3n) is 1.75. The van der Waals surface area contributed by atoms with Crippen LogP contribution in [0.5, 0.6) is 0 Å². The zero-order valence-corrected chi connectivity index (χ0v) is 7.41. The fourth-order valence-electron chi connectivity index (χ4n) is 0.884. The highest BCUT2D eigenvalue weighted by Crippen LogP contribution is 1.95. The highest BCUT2D eigenvalue weighted by atomic mass is 16.3. The van der Waals surface area contributed by atoms with Crippen LogP contribution in [0.25, 0.3) is 0 Å². The van der Waals surface area contributed by atoms with E-state index in [2.05, 4.69) is 15.5 Å². The first-order valence-corrected chi connectivity index (χ1v) is 3.92. The lowest BCUT2D eigenvalue weighted by Crippen LogP contribution is -2.19. The van der Waals surface area contributed by atoms with Crippen LogP contribution in [0.15, 0.2) is 0 Å². The van der Waals surface area contributed by atoms with E-state index in [1.807, 2.05) is 18.5 Å². The molecule has 0 aromatic carbocycles. The Balaban J connectivity index is 2.46. The minimum atomic E-state index is 0.150. The first-order chi connectivity index (χ1) is 5.75. The Kier molecular flexibility index (Phi) is 3.19. The fraction of sp³-hybridized carbons (Fsp3) is 0.714. The molecule has 5 heteroatoms. The summed E-state index contributed by atoms with van der Waals surface area (Å²) in [6, 6.07) is 0. The van der Waals surface area contributed by atoms with E-state index in [1.54, 1.807) is 0 Å². The van der Waals surface area contributed by atoms with E-state index in [-0.39, 0.29) is 6.61 Å². The Morgan fingerprint density at radius 2 is 2.25 bits per heavy atom. The van der Waals surface area contributed by atoms with Crippen LogP contribution in [0.3, 0.4) is 0 Å². The molecule has 5 nitrogen and oxygen atoms in total. The molecule has 0 amide bonds. The molecule has 0 saturated heterocycles. The van der Waals surface area contributed by atoms with Crippen molar-refractivity contribution in [2.24, 2.45) is 7.05 Å². The van der Waals surface area contributed by atoms with Crippen molar-refractivity contribution in [2.75, 3.05) is 13.2 Å². The Morgan fingerprint density at radius 1 is 1.50 bits per heavy atom. The van der Waals surface area contributed by atoms with E-state index < -0.39 is 0 Å². The summed E-state index contributed by atoms with van der Waals surface area (Å²) in [7, 11) is 1.92. The molecule has 1 aromatic rings. The van der Waals surface area contributed by atoms with Crippen LogP contribution in [0.2, 0.25) is 0 Å². The maximum atomic E-state index is 8.51. The van der Waals surface area contributed by atoms with Gasteiger partial charge in [-0.05, 0) is 6.92 Å². The molecule has 0 saturated carbocycles. The van der Waals surface area contributed by atoms with E-state index >= 15 is 0 Å². The number of nitrogens with zero attached hydrogens (tertiary/aromatic N) is 3. The second-order valence-corrected chi connectivity index (χ2v) is 2.62. The molecule has 0 spiro atoms. The van der Waals surface area contributed by atoms with Crippen LogP contribution >= 0.6 is 0 Å². The summed E-state index contributed by atoms with van der Waals surface area (Å²) in [5.74, 6) is 1.79. The number of hydrogen-bond donors (Lipinski definition) is 2. The van der Waals surface area contributed by atoms with Crippen molar-refractivity contribution < 1.29 is 5.11 Å². The van der Waals surface area contributed by atoms with Crippen molar-refractivity contribution in [1.82, 2.24) is 20.1 Å². The minimum Gasteiger partial charge on any atom is -0.395 e. The van der Waals surface area contributed by atoms with Crippen LogP contribution in [0.4, 0.5) is 0 Å². The number of nitrogens with one attached hydrogen (secondary N) is 1. The average molecular weight is 170 g/mol. The van der Waals surface area contributed by atoms with Gasteiger partial charge in [0.2, 0.25) is 0 Å². The van der Waals surface area contributed by atoms with Crippen molar-refractivity contribution in [3.8, 4) is 0 Å². The fourth-order valence-corrected chi connectivity index (χ4v) is 0.884. The normalized spacial score (nSPS) is 10.6. The summed E-state index contributed by atoms with van der Waals surface area (Å²) in [5, 5.41) is 19.4. The van der Waals surface area contributed by atoms with Crippen LogP contribution in [-0.2, 0) is 13.6 Å². The molecular weight excluding hydrogens is 156 g/mol. The van der Waals surface area contributed by atoms with Gasteiger partial charge in [0.15, 0.2) is 0 Å². The maximum Gasteiger partial charge on any atom is 0.146 e. The van der Waals surface area contributed by atoms with Gasteiger partial charge < -0.3 is 15.0 Å². The number of rotatable bonds is 4. The van der Waals surface area contributed by atoms with E-state index in [0.717, 1.165) is 11.6 Å². The third-order valence-corrected chi connectivity index (χ3v) is 1.75. The third kappa shape index (κ3) is 2.02. The Hall–Kier alpha value is -0.940. The van der Waals surface area contributed by atoms with Crippen LogP contribution < -0.4 is 5.32 Å². The molecule has 1 heterocycles. The van der Waals surface area contributed by atoms with E-state index in [4.69, 9.17) is 5.11 Å². The molecule has 0 aliphatic rings. The highest BCUT2D eigenvalue weighted by Gasteiger charge is 2.02. The van der Waals surface area contributed by atoms with Gasteiger partial charge in [-0.25, -0.2) is 0 Å². The van der Waals surface area contributed by atoms with Crippen LogP contribution in [0, 0.1) is 6.92 Å². The molecule has 1 aromatic heterocycles. The Labute approximate surface area is 71.4 Å². The van der Waals surface area contributed by atoms with Gasteiger partial charge in [-0.3, -0.25) is 0 Å². The molecular formula is C7H14N4O. The van der Waals surface area contributed by atoms with Crippen molar-refractivity contribution in [2.45, 2.75) is 13.5 Å². The van der Waals surface area contributed by atoms with Gasteiger partial charge in [-0.1, -0.05) is 0 Å². The molecule has 2 N–H and O–H groups in total. The first kappa shape index (κ1) is 9.15. The zero-order chi connectivity index (χ0) is 8.97. The smallest absolute Gasteiger partial charge is 0.146 e. The second-order valence-electron chi connectivity index (χ2n) is 2.62. The predicted octanol–water partition coefficient (Wildman–Crippen LogP) is -0.795. The van der Waals surface area contributed by atoms with Crippen molar-refractivity contribution in [3.63, 3.8) is 0 Å². The SMILES string of the molecule is Cc1nnc(CNCCO)n1C. The van der Waals surface area contributed by atoms with Gasteiger partial charge in [0.05, 0.1) is 13.2 Å². The van der Waals surface area contributed by atoms with Gasteiger partial charge in [0.1, 0.15) is 11.6 Å². The lowest BCUT2D eigenvalue weighted by atomic mass is 10.5. The summed E-state index contributed by atoms with van der Waals surface area (Å²) >= 11 is 0.